The Hall–Kier alpha value is -2.35. The van der Waals surface area contributed by atoms with Gasteiger partial charge in [-0.25, -0.2) is 31.0 Å². The summed E-state index contributed by atoms with van der Waals surface area (Å²) in [5, 5.41) is 14.8. The van der Waals surface area contributed by atoms with Gasteiger partial charge in [-0.3, -0.25) is 0 Å². The summed E-state index contributed by atoms with van der Waals surface area (Å²) in [6.45, 7) is 5.65. The number of benzene rings is 1. The maximum atomic E-state index is 16.0. The number of nitrogens with one attached hydrogen (secondary N) is 2. The van der Waals surface area contributed by atoms with E-state index in [-0.39, 0.29) is 28.3 Å². The minimum Gasteiger partial charge on any atom is -0.308 e. The van der Waals surface area contributed by atoms with Crippen molar-refractivity contribution >= 4 is 37.8 Å². The van der Waals surface area contributed by atoms with Crippen LogP contribution in [0.3, 0.4) is 0 Å². The predicted molar refractivity (Wildman–Crippen MR) is 122 cm³/mol. The molecule has 2 aromatic heterocycles. The molecule has 2 atom stereocenters. The monoisotopic (exact) mass is 512 g/mol. The Balaban J connectivity index is 1.75. The second-order valence-electron chi connectivity index (χ2n) is 9.20. The van der Waals surface area contributed by atoms with Gasteiger partial charge in [0, 0.05) is 28.6 Å². The molecule has 2 unspecified atom stereocenters. The molecule has 2 aliphatic rings. The lowest BCUT2D eigenvalue weighted by Gasteiger charge is -2.27. The van der Waals surface area contributed by atoms with Crippen LogP contribution in [0.15, 0.2) is 23.2 Å². The van der Waals surface area contributed by atoms with E-state index in [1.165, 1.54) is 16.9 Å². The minimum absolute atomic E-state index is 0.0364. The van der Waals surface area contributed by atoms with Crippen LogP contribution in [-0.4, -0.2) is 46.0 Å². The molecule has 0 saturated heterocycles. The number of halogens is 3. The van der Waals surface area contributed by atoms with E-state index in [1.807, 2.05) is 19.9 Å². The first-order valence-electron chi connectivity index (χ1n) is 10.8. The number of aromatic nitrogens is 4. The molecule has 1 aliphatic heterocycles. The topological polar surface area (TPSA) is 102 Å². The highest BCUT2D eigenvalue weighted by molar-refractivity contribution is 7.89. The van der Waals surface area contributed by atoms with E-state index in [4.69, 9.17) is 0 Å². The van der Waals surface area contributed by atoms with Crippen molar-refractivity contribution < 1.29 is 21.6 Å². The van der Waals surface area contributed by atoms with E-state index >= 15 is 4.39 Å². The average Bonchev–Trinajstić information content (AvgIpc) is 3.14. The van der Waals surface area contributed by atoms with Gasteiger partial charge in [-0.2, -0.15) is 5.10 Å². The van der Waals surface area contributed by atoms with E-state index in [0.29, 0.717) is 41.6 Å². The lowest BCUT2D eigenvalue weighted by Crippen LogP contribution is -2.37. The zero-order valence-corrected chi connectivity index (χ0v) is 20.3. The summed E-state index contributed by atoms with van der Waals surface area (Å²) in [7, 11) is -4.21. The molecule has 2 N–H and O–H groups in total. The standard InChI is InChI=1S/C21H23F3N6O2S2/c1-10-6-12(7-11(2)26-10)16-13-9-25-30(20-28-27-19(33-20)18(23)24)14(13)8-15(17(16)22)34(31,32)29-21(3)4-5-21/h6,8-11,18,26,29H,4-5,7H2,1-3H3. The molecular formula is C21H23F3N6O2S2. The second kappa shape index (κ2) is 8.11. The van der Waals surface area contributed by atoms with Crippen LogP contribution < -0.4 is 10.0 Å². The van der Waals surface area contributed by atoms with Crippen molar-refractivity contribution in [2.45, 2.75) is 69.0 Å². The van der Waals surface area contributed by atoms with Crippen LogP contribution in [-0.2, 0) is 10.0 Å². The van der Waals surface area contributed by atoms with Crippen LogP contribution in [0.25, 0.3) is 21.6 Å². The first kappa shape index (κ1) is 23.4. The van der Waals surface area contributed by atoms with Crippen LogP contribution in [0.2, 0.25) is 0 Å². The lowest BCUT2D eigenvalue weighted by atomic mass is 9.91. The van der Waals surface area contributed by atoms with Crippen LogP contribution in [0.4, 0.5) is 13.2 Å². The van der Waals surface area contributed by atoms with Crippen molar-refractivity contribution in [1.29, 1.82) is 0 Å². The maximum absolute atomic E-state index is 16.0. The van der Waals surface area contributed by atoms with Crippen LogP contribution in [0, 0.1) is 5.82 Å². The molecule has 3 heterocycles. The van der Waals surface area contributed by atoms with Gasteiger partial charge in [0.05, 0.1) is 11.7 Å². The Morgan fingerprint density at radius 2 is 2.03 bits per heavy atom. The molecular weight excluding hydrogens is 489 g/mol. The Kier molecular flexibility index (Phi) is 5.58. The van der Waals surface area contributed by atoms with Gasteiger partial charge in [0.1, 0.15) is 4.90 Å². The third-order valence-electron chi connectivity index (χ3n) is 6.09. The van der Waals surface area contributed by atoms with Crippen molar-refractivity contribution in [1.82, 2.24) is 30.0 Å². The largest absolute Gasteiger partial charge is 0.308 e. The normalized spacial score (nSPS) is 22.4. The van der Waals surface area contributed by atoms with E-state index in [2.05, 4.69) is 25.3 Å². The maximum Gasteiger partial charge on any atom is 0.291 e. The molecule has 0 radical (unpaired) electrons. The molecule has 1 saturated carbocycles. The molecule has 1 aromatic carbocycles. The molecule has 3 aromatic rings. The zero-order chi connectivity index (χ0) is 24.4. The Labute approximate surface area is 198 Å². The lowest BCUT2D eigenvalue weighted by molar-refractivity contribution is 0.150. The Morgan fingerprint density at radius 1 is 1.29 bits per heavy atom. The third-order valence-corrected chi connectivity index (χ3v) is 8.64. The van der Waals surface area contributed by atoms with Gasteiger partial charge in [-0.1, -0.05) is 17.4 Å². The predicted octanol–water partition coefficient (Wildman–Crippen LogP) is 3.94. The van der Waals surface area contributed by atoms with E-state index < -0.39 is 37.7 Å². The molecule has 0 spiro atoms. The van der Waals surface area contributed by atoms with Gasteiger partial charge < -0.3 is 5.32 Å². The number of hydrogen-bond acceptors (Lipinski definition) is 7. The van der Waals surface area contributed by atoms with Gasteiger partial charge in [0.25, 0.3) is 6.43 Å². The quantitative estimate of drug-likeness (QED) is 0.519. The van der Waals surface area contributed by atoms with Crippen LogP contribution in [0.5, 0.6) is 0 Å². The van der Waals surface area contributed by atoms with E-state index in [1.54, 1.807) is 6.92 Å². The zero-order valence-electron chi connectivity index (χ0n) is 18.6. The number of alkyl halides is 2. The summed E-state index contributed by atoms with van der Waals surface area (Å²) >= 11 is 0.638. The van der Waals surface area contributed by atoms with Gasteiger partial charge in [0.2, 0.25) is 15.2 Å². The van der Waals surface area contributed by atoms with Gasteiger partial charge >= 0.3 is 0 Å². The molecule has 5 rings (SSSR count). The van der Waals surface area contributed by atoms with Crippen LogP contribution >= 0.6 is 11.3 Å². The second-order valence-corrected chi connectivity index (χ2v) is 11.8. The minimum atomic E-state index is -4.21. The summed E-state index contributed by atoms with van der Waals surface area (Å²) < 4.78 is 72.5. The Bertz CT molecular complexity index is 1410. The number of sulfonamides is 1. The molecule has 13 heteroatoms. The molecule has 0 bridgehead atoms. The highest BCUT2D eigenvalue weighted by atomic mass is 32.2. The average molecular weight is 513 g/mol. The van der Waals surface area contributed by atoms with E-state index in [9.17, 15) is 17.2 Å². The summed E-state index contributed by atoms with van der Waals surface area (Å²) in [6, 6.07) is 1.18. The summed E-state index contributed by atoms with van der Waals surface area (Å²) in [5.74, 6) is -0.859. The van der Waals surface area contributed by atoms with Crippen molar-refractivity contribution in [2.75, 3.05) is 0 Å². The van der Waals surface area contributed by atoms with Crippen molar-refractivity contribution in [3.05, 3.63) is 34.7 Å². The first-order chi connectivity index (χ1) is 16.0. The molecule has 8 nitrogen and oxygen atoms in total. The molecule has 182 valence electrons. The van der Waals surface area contributed by atoms with Gasteiger partial charge in [-0.15, -0.1) is 10.2 Å². The molecule has 1 aliphatic carbocycles. The smallest absolute Gasteiger partial charge is 0.291 e. The molecule has 34 heavy (non-hydrogen) atoms. The summed E-state index contributed by atoms with van der Waals surface area (Å²) in [4.78, 5) is -0.511. The van der Waals surface area contributed by atoms with Gasteiger partial charge in [0.15, 0.2) is 10.8 Å². The highest BCUT2D eigenvalue weighted by Crippen LogP contribution is 2.40. The highest BCUT2D eigenvalue weighted by Gasteiger charge is 2.42. The number of hydrogen-bond donors (Lipinski definition) is 2. The fourth-order valence-corrected chi connectivity index (χ4v) is 6.53. The van der Waals surface area contributed by atoms with Crippen molar-refractivity contribution in [3.63, 3.8) is 0 Å². The molecule has 0 amide bonds. The van der Waals surface area contributed by atoms with Crippen molar-refractivity contribution in [3.8, 4) is 5.13 Å². The Morgan fingerprint density at radius 3 is 2.65 bits per heavy atom. The SMILES string of the molecule is CC1C=C(c2c(F)c(S(=O)(=O)NC3(C)CC3)cc3c2cnn3-c2nnc(C(F)F)s2)CC(C)N1. The fraction of sp³-hybridized carbons (Fsp3) is 0.476. The summed E-state index contributed by atoms with van der Waals surface area (Å²) in [5.41, 5.74) is 0.433. The molecule has 1 fully saturated rings. The van der Waals surface area contributed by atoms with Crippen molar-refractivity contribution in [2.24, 2.45) is 0 Å². The fourth-order valence-electron chi connectivity index (χ4n) is 4.29. The van der Waals surface area contributed by atoms with Crippen LogP contribution in [0.1, 0.15) is 57.0 Å². The first-order valence-corrected chi connectivity index (χ1v) is 13.1. The number of rotatable bonds is 6. The summed E-state index contributed by atoms with van der Waals surface area (Å²) in [6.07, 6.45) is 2.26. The number of nitrogens with zero attached hydrogens (tertiary/aromatic N) is 4. The number of fused-ring (bicyclic) bond motifs is 1. The third kappa shape index (κ3) is 4.14. The van der Waals surface area contributed by atoms with Gasteiger partial charge in [-0.05, 0) is 51.7 Å². The van der Waals surface area contributed by atoms with E-state index in [0.717, 1.165) is 0 Å².